The van der Waals surface area contributed by atoms with Crippen molar-refractivity contribution in [2.45, 2.75) is 23.1 Å². The number of aliphatic carboxylic acids is 1. The molecule has 134 valence electrons. The van der Waals surface area contributed by atoms with Gasteiger partial charge in [0.1, 0.15) is 26.8 Å². The number of hydrogen-bond donors (Lipinski definition) is 2. The molecule has 0 unspecified atom stereocenters. The molecule has 0 aliphatic carbocycles. The Morgan fingerprint density at radius 3 is 2.96 bits per heavy atom. The highest BCUT2D eigenvalue weighted by molar-refractivity contribution is 7.91. The van der Waals surface area contributed by atoms with E-state index in [9.17, 15) is 18.0 Å². The number of nitrogens with zero attached hydrogens (tertiary/aromatic N) is 2. The van der Waals surface area contributed by atoms with Gasteiger partial charge in [-0.05, 0) is 31.0 Å². The van der Waals surface area contributed by atoms with Gasteiger partial charge in [0.15, 0.2) is 0 Å². The molecule has 1 aliphatic heterocycles. The molecule has 1 saturated heterocycles. The van der Waals surface area contributed by atoms with Crippen LogP contribution >= 0.6 is 22.9 Å². The van der Waals surface area contributed by atoms with Gasteiger partial charge in [-0.15, -0.1) is 11.3 Å². The molecule has 0 bridgehead atoms. The van der Waals surface area contributed by atoms with Crippen LogP contribution in [0.2, 0.25) is 5.15 Å². The third-order valence-electron chi connectivity index (χ3n) is 3.75. The van der Waals surface area contributed by atoms with Crippen LogP contribution in [0.1, 0.15) is 12.8 Å². The molecular weight excluding hydrogens is 390 g/mol. The fraction of sp³-hybridized carbons (Fsp3) is 0.357. The van der Waals surface area contributed by atoms with Crippen molar-refractivity contribution < 1.29 is 23.1 Å². The molecule has 3 rings (SSSR count). The summed E-state index contributed by atoms with van der Waals surface area (Å²) in [5.74, 6) is -1.66. The van der Waals surface area contributed by atoms with Crippen LogP contribution in [-0.4, -0.2) is 54.4 Å². The molecule has 2 aromatic heterocycles. The highest BCUT2D eigenvalue weighted by atomic mass is 35.5. The van der Waals surface area contributed by atoms with Gasteiger partial charge in [-0.1, -0.05) is 11.6 Å². The molecule has 1 fully saturated rings. The Balaban J connectivity index is 1.82. The van der Waals surface area contributed by atoms with Gasteiger partial charge < -0.3 is 10.0 Å². The number of nitrogens with one attached hydrogen (secondary N) is 1. The number of likely N-dealkylation sites (tertiary alicyclic amines) is 1. The number of carbonyl (C=O) groups is 2. The first-order chi connectivity index (χ1) is 11.8. The topological polar surface area (TPSA) is 117 Å². The predicted molar refractivity (Wildman–Crippen MR) is 92.2 cm³/mol. The molecule has 25 heavy (non-hydrogen) atoms. The van der Waals surface area contributed by atoms with Crippen LogP contribution in [0.3, 0.4) is 0 Å². The van der Waals surface area contributed by atoms with Crippen molar-refractivity contribution in [2.24, 2.45) is 0 Å². The lowest BCUT2D eigenvalue weighted by atomic mass is 10.1. The predicted octanol–water partition coefficient (Wildman–Crippen LogP) is 1.30. The zero-order valence-electron chi connectivity index (χ0n) is 12.8. The summed E-state index contributed by atoms with van der Waals surface area (Å²) in [6.07, 6.45) is 0.846. The lowest BCUT2D eigenvalue weighted by Crippen LogP contribution is -2.53. The number of amides is 1. The molecule has 8 nitrogen and oxygen atoms in total. The number of aromatic nitrogens is 1. The number of sulfonamides is 1. The van der Waals surface area contributed by atoms with Crippen LogP contribution in [0.25, 0.3) is 10.2 Å². The van der Waals surface area contributed by atoms with Gasteiger partial charge in [-0.25, -0.2) is 13.4 Å². The highest BCUT2D eigenvalue weighted by Gasteiger charge is 2.33. The zero-order valence-corrected chi connectivity index (χ0v) is 15.2. The minimum atomic E-state index is -3.93. The summed E-state index contributed by atoms with van der Waals surface area (Å²) in [5, 5.41) is 9.73. The number of hydrogen-bond acceptors (Lipinski definition) is 6. The zero-order chi connectivity index (χ0) is 18.2. The summed E-state index contributed by atoms with van der Waals surface area (Å²) in [6.45, 7) is -0.142. The number of pyridine rings is 1. The SMILES string of the molecule is O=C(O)CN1CCC[C@H](NS(=O)(=O)c2cc3ccc(Cl)nc3s2)C1=O. The lowest BCUT2D eigenvalue weighted by Gasteiger charge is -2.31. The van der Waals surface area contributed by atoms with E-state index in [2.05, 4.69) is 9.71 Å². The summed E-state index contributed by atoms with van der Waals surface area (Å²) in [5.41, 5.74) is 0. The molecule has 3 heterocycles. The second kappa shape index (κ2) is 6.87. The second-order valence-corrected chi connectivity index (χ2v) is 8.92. The van der Waals surface area contributed by atoms with Gasteiger partial charge in [0.2, 0.25) is 5.91 Å². The molecule has 1 atom stereocenters. The summed E-state index contributed by atoms with van der Waals surface area (Å²) >= 11 is 6.76. The molecule has 0 spiro atoms. The van der Waals surface area contributed by atoms with Crippen LogP contribution in [0.4, 0.5) is 0 Å². The van der Waals surface area contributed by atoms with Gasteiger partial charge in [0, 0.05) is 11.9 Å². The lowest BCUT2D eigenvalue weighted by molar-refractivity contribution is -0.146. The van der Waals surface area contributed by atoms with E-state index in [1.165, 1.54) is 6.07 Å². The monoisotopic (exact) mass is 403 g/mol. The summed E-state index contributed by atoms with van der Waals surface area (Å²) in [6, 6.07) is 3.73. The second-order valence-electron chi connectivity index (χ2n) is 5.56. The summed E-state index contributed by atoms with van der Waals surface area (Å²) < 4.78 is 27.6. The van der Waals surface area contributed by atoms with E-state index >= 15 is 0 Å². The number of piperidine rings is 1. The van der Waals surface area contributed by atoms with Crippen LogP contribution < -0.4 is 4.72 Å². The van der Waals surface area contributed by atoms with Gasteiger partial charge in [0.25, 0.3) is 10.0 Å². The van der Waals surface area contributed by atoms with E-state index in [0.29, 0.717) is 29.6 Å². The smallest absolute Gasteiger partial charge is 0.323 e. The molecule has 0 saturated carbocycles. The largest absolute Gasteiger partial charge is 0.480 e. The van der Waals surface area contributed by atoms with Gasteiger partial charge in [-0.2, -0.15) is 4.72 Å². The van der Waals surface area contributed by atoms with Crippen LogP contribution in [0.5, 0.6) is 0 Å². The fourth-order valence-electron chi connectivity index (χ4n) is 2.62. The normalized spacial score (nSPS) is 18.7. The van der Waals surface area contributed by atoms with E-state index in [4.69, 9.17) is 16.7 Å². The van der Waals surface area contributed by atoms with Crippen molar-refractivity contribution in [2.75, 3.05) is 13.1 Å². The quantitative estimate of drug-likeness (QED) is 0.727. The third-order valence-corrected chi connectivity index (χ3v) is 6.95. The Hall–Kier alpha value is -1.75. The molecule has 1 aliphatic rings. The molecule has 0 aromatic carbocycles. The number of thiophene rings is 1. The van der Waals surface area contributed by atoms with Crippen LogP contribution in [0.15, 0.2) is 22.4 Å². The Bertz CT molecular complexity index is 943. The van der Waals surface area contributed by atoms with Crippen LogP contribution in [-0.2, 0) is 19.6 Å². The average molecular weight is 404 g/mol. The van der Waals surface area contributed by atoms with Gasteiger partial charge >= 0.3 is 5.97 Å². The molecule has 11 heteroatoms. The fourth-order valence-corrected chi connectivity index (χ4v) is 5.39. The standard InChI is InChI=1S/C14H14ClN3O5S2/c15-10-4-3-8-6-12(24-13(8)16-10)25(22,23)17-9-2-1-5-18(14(9)21)7-11(19)20/h3-4,6,9,17H,1-2,5,7H2,(H,19,20)/t9-/m0/s1. The Labute approximate surface area is 152 Å². The highest BCUT2D eigenvalue weighted by Crippen LogP contribution is 2.29. The molecular formula is C14H14ClN3O5S2. The molecule has 2 N–H and O–H groups in total. The van der Waals surface area contributed by atoms with Crippen molar-refractivity contribution in [1.29, 1.82) is 0 Å². The number of carbonyl (C=O) groups excluding carboxylic acids is 1. The van der Waals surface area contributed by atoms with Crippen LogP contribution in [0, 0.1) is 0 Å². The maximum atomic E-state index is 12.6. The Kier molecular flexibility index (Phi) is 4.96. The van der Waals surface area contributed by atoms with Crippen molar-refractivity contribution in [3.8, 4) is 0 Å². The molecule has 1 amide bonds. The molecule has 2 aromatic rings. The maximum absolute atomic E-state index is 12.6. The number of halogens is 1. The van der Waals surface area contributed by atoms with Gasteiger partial charge in [-0.3, -0.25) is 9.59 Å². The van der Waals surface area contributed by atoms with Gasteiger partial charge in [0.05, 0.1) is 0 Å². The average Bonchev–Trinajstić information content (AvgIpc) is 2.94. The van der Waals surface area contributed by atoms with E-state index in [-0.39, 0.29) is 9.36 Å². The van der Waals surface area contributed by atoms with Crippen molar-refractivity contribution in [3.63, 3.8) is 0 Å². The number of rotatable bonds is 5. The number of fused-ring (bicyclic) bond motifs is 1. The molecule has 0 radical (unpaired) electrons. The van der Waals surface area contributed by atoms with E-state index in [1.807, 2.05) is 0 Å². The minimum Gasteiger partial charge on any atom is -0.480 e. The van der Waals surface area contributed by atoms with E-state index in [1.54, 1.807) is 12.1 Å². The first-order valence-corrected chi connectivity index (χ1v) is 10.0. The minimum absolute atomic E-state index is 0.0282. The first kappa shape index (κ1) is 18.1. The van der Waals surface area contributed by atoms with Crippen molar-refractivity contribution in [1.82, 2.24) is 14.6 Å². The third kappa shape index (κ3) is 3.92. The van der Waals surface area contributed by atoms with E-state index < -0.39 is 34.5 Å². The van der Waals surface area contributed by atoms with Crippen molar-refractivity contribution >= 4 is 55.1 Å². The maximum Gasteiger partial charge on any atom is 0.323 e. The summed E-state index contributed by atoms with van der Waals surface area (Å²) in [7, 11) is -3.93. The van der Waals surface area contributed by atoms with Crippen molar-refractivity contribution in [3.05, 3.63) is 23.4 Å². The number of carboxylic acid groups (broad SMARTS) is 1. The number of carboxylic acids is 1. The Morgan fingerprint density at radius 2 is 2.24 bits per heavy atom. The Morgan fingerprint density at radius 1 is 1.48 bits per heavy atom. The van der Waals surface area contributed by atoms with E-state index in [0.717, 1.165) is 16.2 Å². The summed E-state index contributed by atoms with van der Waals surface area (Å²) in [4.78, 5) is 28.8. The first-order valence-electron chi connectivity index (χ1n) is 7.35.